The fourth-order valence-corrected chi connectivity index (χ4v) is 20.7. The zero-order chi connectivity index (χ0) is 87.3. The first kappa shape index (κ1) is 123. The van der Waals surface area contributed by atoms with Crippen LogP contribution in [-0.4, -0.2) is 143 Å². The van der Waals surface area contributed by atoms with Crippen molar-refractivity contribution in [2.24, 2.45) is 32.5 Å². The van der Waals surface area contributed by atoms with E-state index in [1.165, 1.54) is 86.1 Å². The number of benzene rings is 4. The Balaban J connectivity index is -0.00000129. The Kier molecular flexibility index (Phi) is 58.8. The topological polar surface area (TPSA) is 212 Å². The first-order chi connectivity index (χ1) is 52.4. The molecule has 117 heavy (non-hydrogen) atoms. The Morgan fingerprint density at radius 1 is 0.487 bits per heavy atom. The number of thiol groups is 1. The van der Waals surface area contributed by atoms with Crippen LogP contribution in [0.15, 0.2) is 113 Å². The van der Waals surface area contributed by atoms with Gasteiger partial charge in [-0.1, -0.05) is 208 Å². The molecule has 0 atom stereocenters. The predicted octanol–water partition coefficient (Wildman–Crippen LogP) is 21.0. The van der Waals surface area contributed by atoms with Crippen LogP contribution in [0.5, 0.6) is 0 Å². The Morgan fingerprint density at radius 2 is 0.803 bits per heavy atom. The average molecular weight is 2250 g/mol. The molecule has 30 heteroatoms. The van der Waals surface area contributed by atoms with Gasteiger partial charge in [0.15, 0.2) is 42.2 Å². The summed E-state index contributed by atoms with van der Waals surface area (Å²) in [5.41, 5.74) is 0.677. The maximum atomic E-state index is 12.3. The molecule has 0 heterocycles. The van der Waals surface area contributed by atoms with Crippen molar-refractivity contribution in [3.8, 4) is 0 Å². The van der Waals surface area contributed by atoms with Crippen molar-refractivity contribution >= 4 is 174 Å². The van der Waals surface area contributed by atoms with Gasteiger partial charge in [0.05, 0.1) is 40.5 Å². The molecular weight excluding hydrogens is 2100 g/mol. The molecule has 0 aromatic heterocycles. The minimum absolute atomic E-state index is 0. The van der Waals surface area contributed by atoms with Crippen molar-refractivity contribution in [1.29, 1.82) is 0 Å². The minimum atomic E-state index is -3.40. The number of aliphatic hydroxyl groups excluding tert-OH is 5. The summed E-state index contributed by atoms with van der Waals surface area (Å²) in [6.45, 7) is 51.3. The standard InChI is InChI=1S/C18H29ClOSSi.C13H28OSi.C12H14BrClO3S.C12H14BrClOS.C12H26O2Si.C6H5ClS.C6H15ClSi.C6H12O2.CH2O3.CH4.2Cs.H/c1-17(2,3)22(4,5)20-13-18(10-7-11-18)14-21-16-9-6-8-15(19)12-16;1-7-13(9-8-10-13)11-14-15(5,6)12(2,3)4;13-10-3-2-9(6-11(10)14)18(16,17)8-12(7-15)4-1-5-12;13-10-3-2-9(6-11(10)14)16-8-12(7-15)4-1-5-12;1-11(2,3)15(4,5)14-10-12(9-13)7-6-8-12;7-5-2-1-3-6(8)4-5;1-6(2,3)8(4,5)7;7-4-6(5-8)2-1-3-6;2-1-4-3;;;;/h6,8-9,12H,7,10-11,13-14H2,1-5H3;7-11H2,1-6H3;2-3,6,15H,1,4-5,7-8H2;2-3,6,15H,1,4-5,7-8H2;13H,6-10H2,1-5H3;1-4,8H;1-5H3;7-8H,1-5H2;1,3H;1H4;;;/q;;;;;;;;;;2*+1;-1/p-1. The van der Waals surface area contributed by atoms with Gasteiger partial charge in [-0.05, 0) is 253 Å². The second kappa shape index (κ2) is 55.8. The van der Waals surface area contributed by atoms with Gasteiger partial charge in [0, 0.05) is 105 Å². The molecular formula is C87H149Br2Cl5Cs2O13S4Si4. The van der Waals surface area contributed by atoms with Crippen molar-refractivity contribution < 1.29 is 201 Å². The monoisotopic (exact) mass is 2240 g/mol. The van der Waals surface area contributed by atoms with Gasteiger partial charge in [0.1, 0.15) is 0 Å². The molecule has 5 N–H and O–H groups in total. The van der Waals surface area contributed by atoms with E-state index in [0.717, 1.165) is 114 Å². The van der Waals surface area contributed by atoms with Gasteiger partial charge in [0.2, 0.25) is 0 Å². The van der Waals surface area contributed by atoms with Gasteiger partial charge in [-0.3, -0.25) is 4.79 Å². The van der Waals surface area contributed by atoms with E-state index in [-0.39, 0.29) is 210 Å². The van der Waals surface area contributed by atoms with Crippen LogP contribution in [0.2, 0.25) is 92.6 Å². The molecule has 13 nitrogen and oxygen atoms in total. The zero-order valence-corrected chi connectivity index (χ0v) is 102. The van der Waals surface area contributed by atoms with Crippen LogP contribution in [-0.2, 0) is 32.8 Å². The second-order valence-corrected chi connectivity index (χ2v) is 68.5. The fourth-order valence-electron chi connectivity index (χ4n) is 11.3. The number of hydrogen-bond acceptors (Lipinski definition) is 16. The number of aliphatic hydroxyl groups is 5. The molecule has 6 aliphatic carbocycles. The van der Waals surface area contributed by atoms with Crippen molar-refractivity contribution in [2.75, 3.05) is 70.1 Å². The summed E-state index contributed by atoms with van der Waals surface area (Å²) in [7, 11) is -9.56. The third-order valence-electron chi connectivity index (χ3n) is 25.7. The Bertz CT molecular complexity index is 3500. The molecule has 4 aromatic carbocycles. The van der Waals surface area contributed by atoms with Gasteiger partial charge in [-0.15, -0.1) is 36.2 Å². The number of halogens is 7. The van der Waals surface area contributed by atoms with Gasteiger partial charge >= 0.3 is 138 Å². The Morgan fingerprint density at radius 3 is 1.07 bits per heavy atom. The summed E-state index contributed by atoms with van der Waals surface area (Å²) >= 11 is 44.2. The number of carbonyl (C=O) groups is 1. The van der Waals surface area contributed by atoms with Crippen LogP contribution in [0.3, 0.4) is 0 Å². The van der Waals surface area contributed by atoms with Crippen LogP contribution >= 0.6 is 125 Å². The van der Waals surface area contributed by atoms with Gasteiger partial charge in [0.25, 0.3) is 6.47 Å². The molecule has 0 amide bonds. The third kappa shape index (κ3) is 42.9. The van der Waals surface area contributed by atoms with E-state index in [1.54, 1.807) is 23.9 Å². The summed E-state index contributed by atoms with van der Waals surface area (Å²) in [4.78, 5) is 14.8. The smallest absolute Gasteiger partial charge is 1.00 e. The molecule has 6 aliphatic rings. The predicted molar refractivity (Wildman–Crippen MR) is 513 cm³/mol. The van der Waals surface area contributed by atoms with Gasteiger partial charge < -0.3 is 50.4 Å². The number of rotatable bonds is 25. The molecule has 0 unspecified atom stereocenters. The van der Waals surface area contributed by atoms with E-state index in [4.69, 9.17) is 91.0 Å². The molecule has 0 radical (unpaired) electrons. The van der Waals surface area contributed by atoms with Gasteiger partial charge in [-0.2, -0.15) is 11.1 Å². The average Bonchev–Trinajstić information content (AvgIpc) is 0.788. The third-order valence-corrected chi connectivity index (χ3v) is 52.3. The first-order valence-corrected chi connectivity index (χ1v) is 60.3. The summed E-state index contributed by atoms with van der Waals surface area (Å²) < 4.78 is 45.2. The van der Waals surface area contributed by atoms with Crippen molar-refractivity contribution in [2.45, 2.75) is 312 Å². The number of sulfone groups is 1. The van der Waals surface area contributed by atoms with E-state index in [9.17, 15) is 23.7 Å². The molecule has 0 aliphatic heterocycles. The Labute approximate surface area is 889 Å². The van der Waals surface area contributed by atoms with E-state index in [2.05, 4.69) is 210 Å². The maximum absolute atomic E-state index is 12.3. The molecule has 4 aromatic rings. The van der Waals surface area contributed by atoms with E-state index >= 15 is 0 Å². The summed E-state index contributed by atoms with van der Waals surface area (Å²) in [6, 6.07) is 26.2. The largest absolute Gasteiger partial charge is 1.00 e. The second-order valence-electron chi connectivity index (χ2n) is 38.8. The number of hydrogen-bond donors (Lipinski definition) is 6. The SMILES string of the molecule is C.CC(C)(C)[Si](C)(C)Cl.CC(C)(C)[Si](C)(C)OCC1(CO)CCC1.CC(C)(C)[Si](C)(C)OCC1(CSc2cccc(Cl)c2)CCC1.CCC1(CO[Si](C)(C)C(C)(C)C)CCC1.O=CO[O-].O=S(=O)(CC1(CO)CCC1)c1ccc(Br)c(Cl)c1.OCC1(CO)CCC1.OCC1(CSc2ccc(Br)c(Cl)c2)CCC1.Sc1cccc(Cl)c1.[Cs+].[Cs+].[H-]. The molecule has 666 valence electrons. The van der Waals surface area contributed by atoms with Crippen molar-refractivity contribution in [3.63, 3.8) is 0 Å². The molecule has 6 saturated carbocycles. The fraction of sp³-hybridized carbons (Fsp3) is 0.713. The maximum Gasteiger partial charge on any atom is 1.00 e. The normalized spacial score (nSPS) is 17.6. The van der Waals surface area contributed by atoms with E-state index in [1.807, 2.05) is 54.2 Å². The van der Waals surface area contributed by atoms with Crippen molar-refractivity contribution in [1.82, 2.24) is 0 Å². The minimum Gasteiger partial charge on any atom is -1.00 e. The summed E-state index contributed by atoms with van der Waals surface area (Å²) in [6.07, 6.45) is 22.2. The van der Waals surface area contributed by atoms with Crippen LogP contribution in [0.4, 0.5) is 0 Å². The van der Waals surface area contributed by atoms with Gasteiger partial charge in [-0.25, -0.2) is 8.42 Å². The molecule has 0 spiro atoms. The van der Waals surface area contributed by atoms with Crippen LogP contribution in [0, 0.1) is 32.5 Å². The summed E-state index contributed by atoms with van der Waals surface area (Å²) in [5.74, 6) is 2.12. The van der Waals surface area contributed by atoms with E-state index < -0.39 is 47.6 Å². The first-order valence-electron chi connectivity index (χ1n) is 40.4. The molecule has 6 fully saturated rings. The molecule has 0 saturated heterocycles. The van der Waals surface area contributed by atoms with Crippen LogP contribution in [0.25, 0.3) is 0 Å². The van der Waals surface area contributed by atoms with Crippen LogP contribution in [0.1, 0.15) is 221 Å². The van der Waals surface area contributed by atoms with Crippen LogP contribution < -0.4 is 143 Å². The van der Waals surface area contributed by atoms with E-state index in [0.29, 0.717) is 43.6 Å². The Hall–Kier alpha value is 4.37. The number of thioether (sulfide) groups is 2. The number of carbonyl (C=O) groups excluding carboxylic acids is 1. The molecule has 10 rings (SSSR count). The summed E-state index contributed by atoms with van der Waals surface area (Å²) in [5, 5.41) is 57.8. The zero-order valence-electron chi connectivity index (χ0n) is 75.7. The van der Waals surface area contributed by atoms with Crippen molar-refractivity contribution in [3.05, 3.63) is 114 Å². The quantitative estimate of drug-likeness (QED) is 0.00693. The molecule has 0 bridgehead atoms.